The Morgan fingerprint density at radius 3 is 2.67 bits per heavy atom. The van der Waals surface area contributed by atoms with E-state index in [0.717, 1.165) is 68.1 Å². The zero-order valence-electron chi connectivity index (χ0n) is 21.0. The number of ketones is 1. The molecule has 7 nitrogen and oxygen atoms in total. The van der Waals surface area contributed by atoms with E-state index in [2.05, 4.69) is 10.00 Å². The summed E-state index contributed by atoms with van der Waals surface area (Å²) >= 11 is 0. The molecule has 36 heavy (non-hydrogen) atoms. The van der Waals surface area contributed by atoms with Gasteiger partial charge in [0.2, 0.25) is 0 Å². The number of carbonyl (C=O) groups excluding carboxylic acids is 1. The fourth-order valence-corrected chi connectivity index (χ4v) is 4.37. The van der Waals surface area contributed by atoms with Crippen LogP contribution >= 0.6 is 0 Å². The highest BCUT2D eigenvalue weighted by molar-refractivity contribution is 5.80. The lowest BCUT2D eigenvalue weighted by molar-refractivity contribution is -0.118. The van der Waals surface area contributed by atoms with E-state index < -0.39 is 0 Å². The summed E-state index contributed by atoms with van der Waals surface area (Å²) in [7, 11) is 0. The lowest BCUT2D eigenvalue weighted by atomic mass is 10.0. The topological polar surface area (TPSA) is 73.7 Å². The van der Waals surface area contributed by atoms with Crippen LogP contribution in [0.2, 0.25) is 0 Å². The Labute approximate surface area is 212 Å². The van der Waals surface area contributed by atoms with Crippen LogP contribution in [0.1, 0.15) is 37.3 Å². The monoisotopic (exact) mass is 489 g/mol. The highest BCUT2D eigenvalue weighted by Gasteiger charge is 2.10. The highest BCUT2D eigenvalue weighted by Crippen LogP contribution is 2.22. The van der Waals surface area contributed by atoms with Crippen molar-refractivity contribution in [3.05, 3.63) is 82.1 Å². The highest BCUT2D eigenvalue weighted by atomic mass is 16.5. The summed E-state index contributed by atoms with van der Waals surface area (Å²) < 4.78 is 12.9. The summed E-state index contributed by atoms with van der Waals surface area (Å²) in [5.74, 6) is 1.02. The number of rotatable bonds is 12. The van der Waals surface area contributed by atoms with Gasteiger partial charge in [-0.25, -0.2) is 4.68 Å². The second kappa shape index (κ2) is 13.1. The van der Waals surface area contributed by atoms with E-state index in [9.17, 15) is 9.59 Å². The van der Waals surface area contributed by atoms with Gasteiger partial charge in [0.1, 0.15) is 11.5 Å². The molecular formula is C29H35N3O4. The Kier molecular flexibility index (Phi) is 9.41. The molecule has 0 aliphatic carbocycles. The first-order chi connectivity index (χ1) is 17.6. The van der Waals surface area contributed by atoms with Crippen molar-refractivity contribution in [3.8, 4) is 17.0 Å². The van der Waals surface area contributed by atoms with Crippen molar-refractivity contribution in [1.29, 1.82) is 0 Å². The van der Waals surface area contributed by atoms with E-state index in [1.165, 1.54) is 4.68 Å². The van der Waals surface area contributed by atoms with Crippen molar-refractivity contribution in [3.63, 3.8) is 0 Å². The van der Waals surface area contributed by atoms with Crippen molar-refractivity contribution < 1.29 is 14.3 Å². The maximum Gasteiger partial charge on any atom is 0.267 e. The molecule has 4 rings (SSSR count). The van der Waals surface area contributed by atoms with E-state index >= 15 is 0 Å². The second-order valence-electron chi connectivity index (χ2n) is 9.18. The molecule has 0 amide bonds. The predicted octanol–water partition coefficient (Wildman–Crippen LogP) is 3.97. The van der Waals surface area contributed by atoms with Crippen LogP contribution in [0.25, 0.3) is 11.3 Å². The van der Waals surface area contributed by atoms with Gasteiger partial charge in [0.05, 0.1) is 32.1 Å². The number of carbonyl (C=O) groups is 1. The standard InChI is InChI=1S/C29H35N3O4/c1-2-6-26(33)20-23-7-3-8-24(19-23)22-32-29(34)12-11-28(30-32)25-9-4-10-27(21-25)36-16-5-13-31-14-17-35-18-15-31/h3-4,7-12,19,21H,2,5-6,13-18,20,22H2,1H3. The van der Waals surface area contributed by atoms with Gasteiger partial charge < -0.3 is 9.47 Å². The molecule has 1 aromatic heterocycles. The third-order valence-electron chi connectivity index (χ3n) is 6.24. The summed E-state index contributed by atoms with van der Waals surface area (Å²) in [6.45, 7) is 7.59. The minimum Gasteiger partial charge on any atom is -0.494 e. The van der Waals surface area contributed by atoms with Crippen molar-refractivity contribution in [2.75, 3.05) is 39.5 Å². The first-order valence-corrected chi connectivity index (χ1v) is 12.8. The minimum absolute atomic E-state index is 0.165. The largest absolute Gasteiger partial charge is 0.494 e. The summed E-state index contributed by atoms with van der Waals surface area (Å²) in [5.41, 5.74) is 3.35. The Hall–Kier alpha value is -3.29. The summed E-state index contributed by atoms with van der Waals surface area (Å²) in [6.07, 6.45) is 2.81. The van der Waals surface area contributed by atoms with Gasteiger partial charge in [-0.1, -0.05) is 43.3 Å². The van der Waals surface area contributed by atoms with E-state index in [0.29, 0.717) is 31.7 Å². The van der Waals surface area contributed by atoms with Gasteiger partial charge in [-0.3, -0.25) is 14.5 Å². The maximum atomic E-state index is 12.5. The molecule has 2 aromatic carbocycles. The molecule has 0 unspecified atom stereocenters. The van der Waals surface area contributed by atoms with Crippen molar-refractivity contribution >= 4 is 5.78 Å². The lowest BCUT2D eigenvalue weighted by Gasteiger charge is -2.26. The number of aromatic nitrogens is 2. The average Bonchev–Trinajstić information content (AvgIpc) is 2.89. The number of morpholine rings is 1. The molecule has 1 aliphatic heterocycles. The Morgan fingerprint density at radius 2 is 1.83 bits per heavy atom. The molecule has 7 heteroatoms. The smallest absolute Gasteiger partial charge is 0.267 e. The average molecular weight is 490 g/mol. The van der Waals surface area contributed by atoms with Crippen LogP contribution < -0.4 is 10.3 Å². The summed E-state index contributed by atoms with van der Waals surface area (Å²) in [6, 6.07) is 18.9. The molecule has 2 heterocycles. The number of nitrogens with zero attached hydrogens (tertiary/aromatic N) is 3. The fourth-order valence-electron chi connectivity index (χ4n) is 4.37. The van der Waals surface area contributed by atoms with Crippen LogP contribution in [0.15, 0.2) is 65.5 Å². The zero-order valence-corrected chi connectivity index (χ0v) is 21.0. The zero-order chi connectivity index (χ0) is 25.2. The lowest BCUT2D eigenvalue weighted by Crippen LogP contribution is -2.37. The van der Waals surface area contributed by atoms with E-state index in [4.69, 9.17) is 9.47 Å². The molecule has 1 fully saturated rings. The van der Waals surface area contributed by atoms with Gasteiger partial charge >= 0.3 is 0 Å². The number of ether oxygens (including phenoxy) is 2. The molecule has 3 aromatic rings. The number of hydrogen-bond acceptors (Lipinski definition) is 6. The van der Waals surface area contributed by atoms with Gasteiger partial charge in [0.15, 0.2) is 0 Å². The van der Waals surface area contributed by atoms with Crippen LogP contribution in [-0.2, 0) is 22.5 Å². The quantitative estimate of drug-likeness (QED) is 0.359. The van der Waals surface area contributed by atoms with Crippen LogP contribution in [0.5, 0.6) is 5.75 Å². The third-order valence-corrected chi connectivity index (χ3v) is 6.24. The molecule has 1 saturated heterocycles. The first-order valence-electron chi connectivity index (χ1n) is 12.8. The molecule has 0 atom stereocenters. The molecule has 190 valence electrons. The molecule has 0 N–H and O–H groups in total. The van der Waals surface area contributed by atoms with Gasteiger partial charge in [-0.05, 0) is 42.2 Å². The fraction of sp³-hybridized carbons (Fsp3) is 0.414. The van der Waals surface area contributed by atoms with Gasteiger partial charge in [-0.2, -0.15) is 5.10 Å². The van der Waals surface area contributed by atoms with Crippen molar-refractivity contribution in [1.82, 2.24) is 14.7 Å². The number of hydrogen-bond donors (Lipinski definition) is 0. The number of Topliss-reactive ketones (excluding diaryl/α,β-unsaturated/α-hetero) is 1. The van der Waals surface area contributed by atoms with Gasteiger partial charge in [0.25, 0.3) is 5.56 Å². The molecule has 0 bridgehead atoms. The Morgan fingerprint density at radius 1 is 1.03 bits per heavy atom. The molecule has 0 radical (unpaired) electrons. The van der Waals surface area contributed by atoms with E-state index in [1.807, 2.05) is 55.5 Å². The van der Waals surface area contributed by atoms with Gasteiger partial charge in [0, 0.05) is 44.1 Å². The third kappa shape index (κ3) is 7.60. The maximum absolute atomic E-state index is 12.5. The number of benzene rings is 2. The van der Waals surface area contributed by atoms with Crippen LogP contribution in [0, 0.1) is 0 Å². The van der Waals surface area contributed by atoms with Crippen LogP contribution in [0.3, 0.4) is 0 Å². The Bertz CT molecular complexity index is 1200. The first kappa shape index (κ1) is 25.8. The summed E-state index contributed by atoms with van der Waals surface area (Å²) in [4.78, 5) is 27.0. The van der Waals surface area contributed by atoms with Gasteiger partial charge in [-0.15, -0.1) is 0 Å². The normalized spacial score (nSPS) is 14.0. The van der Waals surface area contributed by atoms with E-state index in [1.54, 1.807) is 12.1 Å². The minimum atomic E-state index is -0.165. The summed E-state index contributed by atoms with van der Waals surface area (Å²) in [5, 5.41) is 4.62. The van der Waals surface area contributed by atoms with Crippen LogP contribution in [0.4, 0.5) is 0 Å². The van der Waals surface area contributed by atoms with Crippen molar-refractivity contribution in [2.24, 2.45) is 0 Å². The van der Waals surface area contributed by atoms with Crippen LogP contribution in [-0.4, -0.2) is 59.9 Å². The molecule has 0 saturated carbocycles. The second-order valence-corrected chi connectivity index (χ2v) is 9.18. The SMILES string of the molecule is CCCC(=O)Cc1cccc(Cn2nc(-c3cccc(OCCCN4CCOCC4)c3)ccc2=O)c1. The molecule has 1 aliphatic rings. The van der Waals surface area contributed by atoms with Crippen molar-refractivity contribution in [2.45, 2.75) is 39.2 Å². The molecular weight excluding hydrogens is 454 g/mol. The van der Waals surface area contributed by atoms with E-state index in [-0.39, 0.29) is 11.3 Å². The molecule has 0 spiro atoms. The Balaban J connectivity index is 1.39. The predicted molar refractivity (Wildman–Crippen MR) is 140 cm³/mol.